The van der Waals surface area contributed by atoms with Crippen LogP contribution in [0.4, 0.5) is 10.1 Å². The van der Waals surface area contributed by atoms with E-state index in [0.717, 1.165) is 28.4 Å². The first-order chi connectivity index (χ1) is 15.3. The Morgan fingerprint density at radius 1 is 1.25 bits per heavy atom. The van der Waals surface area contributed by atoms with Crippen LogP contribution in [-0.2, 0) is 4.79 Å². The summed E-state index contributed by atoms with van der Waals surface area (Å²) >= 11 is 0. The Morgan fingerprint density at radius 3 is 2.81 bits per heavy atom. The highest BCUT2D eigenvalue weighted by molar-refractivity contribution is 5.89. The summed E-state index contributed by atoms with van der Waals surface area (Å²) in [7, 11) is 1.99. The van der Waals surface area contributed by atoms with Crippen LogP contribution in [0.3, 0.4) is 0 Å². The van der Waals surface area contributed by atoms with Crippen molar-refractivity contribution < 1.29 is 13.9 Å². The molecule has 0 bridgehead atoms. The number of nitrogens with one attached hydrogen (secondary N) is 1. The van der Waals surface area contributed by atoms with Gasteiger partial charge in [-0.2, -0.15) is 5.10 Å². The predicted molar refractivity (Wildman–Crippen MR) is 127 cm³/mol. The molecule has 1 atom stereocenters. The summed E-state index contributed by atoms with van der Waals surface area (Å²) in [6.07, 6.45) is 2.32. The average Bonchev–Trinajstić information content (AvgIpc) is 2.76. The minimum atomic E-state index is -0.414. The van der Waals surface area contributed by atoms with Crippen LogP contribution >= 0.6 is 0 Å². The van der Waals surface area contributed by atoms with Crippen LogP contribution in [0.1, 0.15) is 44.2 Å². The largest absolute Gasteiger partial charge is 0.483 e. The second-order valence-corrected chi connectivity index (χ2v) is 8.97. The third-order valence-electron chi connectivity index (χ3n) is 6.25. The van der Waals surface area contributed by atoms with Crippen molar-refractivity contribution in [1.82, 2.24) is 5.43 Å². The van der Waals surface area contributed by atoms with Gasteiger partial charge >= 0.3 is 0 Å². The van der Waals surface area contributed by atoms with Crippen LogP contribution in [0.15, 0.2) is 59.7 Å². The summed E-state index contributed by atoms with van der Waals surface area (Å²) in [5.74, 6) is 0.143. The van der Waals surface area contributed by atoms with Crippen molar-refractivity contribution in [2.45, 2.75) is 38.6 Å². The standard InChI is InChI=1S/C26H28FN3O2/c1-17-14-26(2,3)30(4)23-13-22(27)19(12-21(17)23)15-28-29-25(31)16-32-24-11-7-9-18-8-5-6-10-20(18)24/h5-13,15,17H,14,16H2,1-4H3,(H,29,31)/b28-15+. The lowest BCUT2D eigenvalue weighted by Gasteiger charge is -2.45. The molecule has 1 unspecified atom stereocenters. The van der Waals surface area contributed by atoms with Gasteiger partial charge in [-0.3, -0.25) is 4.79 Å². The highest BCUT2D eigenvalue weighted by atomic mass is 19.1. The molecule has 3 aromatic carbocycles. The van der Waals surface area contributed by atoms with E-state index >= 15 is 0 Å². The van der Waals surface area contributed by atoms with E-state index in [9.17, 15) is 9.18 Å². The number of halogens is 1. The van der Waals surface area contributed by atoms with E-state index in [-0.39, 0.29) is 18.0 Å². The Bertz CT molecular complexity index is 1180. The maximum Gasteiger partial charge on any atom is 0.277 e. The molecule has 0 saturated heterocycles. The topological polar surface area (TPSA) is 53.9 Å². The molecule has 0 aliphatic carbocycles. The number of benzene rings is 3. The molecule has 3 aromatic rings. The number of carbonyl (C=O) groups excluding carboxylic acids is 1. The van der Waals surface area contributed by atoms with Crippen LogP contribution in [0.25, 0.3) is 10.8 Å². The molecular formula is C26H28FN3O2. The minimum Gasteiger partial charge on any atom is -0.483 e. The first-order valence-corrected chi connectivity index (χ1v) is 10.8. The average molecular weight is 434 g/mol. The van der Waals surface area contributed by atoms with Crippen LogP contribution < -0.4 is 15.1 Å². The van der Waals surface area contributed by atoms with Gasteiger partial charge in [0.2, 0.25) is 0 Å². The van der Waals surface area contributed by atoms with Crippen LogP contribution in [0.2, 0.25) is 0 Å². The third-order valence-corrected chi connectivity index (χ3v) is 6.25. The van der Waals surface area contributed by atoms with Crippen LogP contribution in [0, 0.1) is 5.82 Å². The fraction of sp³-hybridized carbons (Fsp3) is 0.308. The maximum atomic E-state index is 14.7. The molecule has 6 heteroatoms. The molecule has 1 aliphatic heterocycles. The Balaban J connectivity index is 1.42. The molecule has 4 rings (SSSR count). The lowest BCUT2D eigenvalue weighted by Crippen LogP contribution is -2.45. The number of hydrazone groups is 1. The number of ether oxygens (including phenoxy) is 1. The van der Waals surface area contributed by atoms with Crippen molar-refractivity contribution in [2.75, 3.05) is 18.6 Å². The van der Waals surface area contributed by atoms with Crippen molar-refractivity contribution in [2.24, 2.45) is 5.10 Å². The Morgan fingerprint density at radius 2 is 2.00 bits per heavy atom. The number of hydrogen-bond acceptors (Lipinski definition) is 4. The molecule has 5 nitrogen and oxygen atoms in total. The summed E-state index contributed by atoms with van der Waals surface area (Å²) in [5, 5.41) is 5.91. The molecule has 0 fully saturated rings. The van der Waals surface area contributed by atoms with E-state index in [1.165, 1.54) is 6.21 Å². The smallest absolute Gasteiger partial charge is 0.277 e. The van der Waals surface area contributed by atoms with Crippen molar-refractivity contribution in [3.05, 3.63) is 71.5 Å². The lowest BCUT2D eigenvalue weighted by molar-refractivity contribution is -0.123. The number of fused-ring (bicyclic) bond motifs is 2. The van der Waals surface area contributed by atoms with Crippen molar-refractivity contribution in [3.8, 4) is 5.75 Å². The SMILES string of the molecule is CC1CC(C)(C)N(C)c2cc(F)c(/C=N/NC(=O)COc3cccc4ccccc34)cc21. The van der Waals surface area contributed by atoms with E-state index in [4.69, 9.17) is 4.74 Å². The van der Waals surface area contributed by atoms with E-state index in [2.05, 4.69) is 36.2 Å². The zero-order valence-corrected chi connectivity index (χ0v) is 18.9. The number of hydrogen-bond donors (Lipinski definition) is 1. The maximum absolute atomic E-state index is 14.7. The monoisotopic (exact) mass is 433 g/mol. The van der Waals surface area contributed by atoms with E-state index < -0.39 is 5.91 Å². The lowest BCUT2D eigenvalue weighted by atomic mass is 9.80. The van der Waals surface area contributed by atoms with Gasteiger partial charge in [0.25, 0.3) is 5.91 Å². The molecule has 1 aliphatic rings. The van der Waals surface area contributed by atoms with Gasteiger partial charge < -0.3 is 9.64 Å². The van der Waals surface area contributed by atoms with Gasteiger partial charge in [0, 0.05) is 29.2 Å². The van der Waals surface area contributed by atoms with Gasteiger partial charge in [0.05, 0.1) is 6.21 Å². The van der Waals surface area contributed by atoms with Gasteiger partial charge in [-0.25, -0.2) is 9.82 Å². The predicted octanol–water partition coefficient (Wildman–Crippen LogP) is 5.23. The first-order valence-electron chi connectivity index (χ1n) is 10.8. The second-order valence-electron chi connectivity index (χ2n) is 8.97. The summed E-state index contributed by atoms with van der Waals surface area (Å²) in [6, 6.07) is 16.9. The first kappa shape index (κ1) is 21.8. The van der Waals surface area contributed by atoms with Gasteiger partial charge in [0.15, 0.2) is 6.61 Å². The second kappa shape index (κ2) is 8.61. The number of amides is 1. The summed E-state index contributed by atoms with van der Waals surface area (Å²) in [5.41, 5.74) is 4.71. The van der Waals surface area contributed by atoms with E-state index in [0.29, 0.717) is 17.2 Å². The number of anilines is 1. The normalized spacial score (nSPS) is 17.4. The van der Waals surface area contributed by atoms with E-state index in [1.54, 1.807) is 6.07 Å². The van der Waals surface area contributed by atoms with Gasteiger partial charge in [-0.05, 0) is 55.3 Å². The van der Waals surface area contributed by atoms with E-state index in [1.807, 2.05) is 55.6 Å². The summed E-state index contributed by atoms with van der Waals surface area (Å²) in [4.78, 5) is 14.3. The number of carbonyl (C=O) groups is 1. The Hall–Kier alpha value is -3.41. The minimum absolute atomic E-state index is 0.0352. The highest BCUT2D eigenvalue weighted by Gasteiger charge is 2.34. The Labute approximate surface area is 187 Å². The molecule has 1 N–H and O–H groups in total. The van der Waals surface area contributed by atoms with Crippen molar-refractivity contribution >= 4 is 28.6 Å². The molecule has 1 amide bonds. The summed E-state index contributed by atoms with van der Waals surface area (Å²) < 4.78 is 20.4. The molecule has 0 radical (unpaired) electrons. The quantitative estimate of drug-likeness (QED) is 0.443. The molecule has 32 heavy (non-hydrogen) atoms. The molecule has 0 spiro atoms. The molecule has 0 saturated carbocycles. The van der Waals surface area contributed by atoms with Crippen LogP contribution in [0.5, 0.6) is 5.75 Å². The number of rotatable bonds is 5. The van der Waals surface area contributed by atoms with Crippen molar-refractivity contribution in [1.29, 1.82) is 0 Å². The fourth-order valence-electron chi connectivity index (χ4n) is 4.37. The van der Waals surface area contributed by atoms with Gasteiger partial charge in [-0.15, -0.1) is 0 Å². The van der Waals surface area contributed by atoms with Gasteiger partial charge in [0.1, 0.15) is 11.6 Å². The third kappa shape index (κ3) is 4.31. The zero-order valence-electron chi connectivity index (χ0n) is 18.9. The van der Waals surface area contributed by atoms with Crippen molar-refractivity contribution in [3.63, 3.8) is 0 Å². The van der Waals surface area contributed by atoms with Crippen LogP contribution in [-0.4, -0.2) is 31.3 Å². The molecule has 0 aromatic heterocycles. The van der Waals surface area contributed by atoms with Gasteiger partial charge in [-0.1, -0.05) is 43.3 Å². The fourth-order valence-corrected chi connectivity index (χ4v) is 4.37. The molecule has 1 heterocycles. The summed E-state index contributed by atoms with van der Waals surface area (Å²) in [6.45, 7) is 6.29. The number of nitrogens with zero attached hydrogens (tertiary/aromatic N) is 2. The zero-order chi connectivity index (χ0) is 22.9. The molecular weight excluding hydrogens is 405 g/mol. The molecule has 166 valence electrons. The highest BCUT2D eigenvalue weighted by Crippen LogP contribution is 2.43. The Kier molecular flexibility index (Phi) is 5.87.